The van der Waals surface area contributed by atoms with Crippen LogP contribution in [0.5, 0.6) is 5.75 Å². The molecule has 0 saturated heterocycles. The molecule has 2 atom stereocenters. The minimum absolute atomic E-state index is 0.186. The molecule has 2 aromatic carbocycles. The van der Waals surface area contributed by atoms with Gasteiger partial charge in [-0.25, -0.2) is 0 Å². The molecule has 0 fully saturated rings. The van der Waals surface area contributed by atoms with Crippen molar-refractivity contribution in [1.82, 2.24) is 5.32 Å². The third-order valence-corrected chi connectivity index (χ3v) is 4.78. The van der Waals surface area contributed by atoms with Crippen LogP contribution in [0.4, 0.5) is 0 Å². The van der Waals surface area contributed by atoms with Crippen molar-refractivity contribution in [1.29, 1.82) is 0 Å². The molecule has 1 aliphatic carbocycles. The quantitative estimate of drug-likeness (QED) is 0.862. The molecule has 2 aromatic rings. The van der Waals surface area contributed by atoms with Crippen LogP contribution in [0, 0.1) is 6.92 Å². The van der Waals surface area contributed by atoms with E-state index in [0.29, 0.717) is 18.2 Å². The first-order chi connectivity index (χ1) is 10.1. The van der Waals surface area contributed by atoms with E-state index in [0.717, 1.165) is 22.6 Å². The zero-order valence-corrected chi connectivity index (χ0v) is 13.1. The highest BCUT2D eigenvalue weighted by atomic mass is 35.5. The van der Waals surface area contributed by atoms with Gasteiger partial charge in [0.25, 0.3) is 0 Å². The van der Waals surface area contributed by atoms with Gasteiger partial charge < -0.3 is 10.4 Å². The molecule has 3 rings (SSSR count). The van der Waals surface area contributed by atoms with Crippen LogP contribution in [-0.4, -0.2) is 5.11 Å². The van der Waals surface area contributed by atoms with E-state index in [2.05, 4.69) is 19.2 Å². The van der Waals surface area contributed by atoms with Crippen molar-refractivity contribution >= 4 is 11.6 Å². The molecule has 2 N–H and O–H groups in total. The summed E-state index contributed by atoms with van der Waals surface area (Å²) in [6, 6.07) is 11.9. The number of nitrogens with one attached hydrogen (secondary N) is 1. The van der Waals surface area contributed by atoms with Crippen LogP contribution in [-0.2, 0) is 6.54 Å². The maximum Gasteiger partial charge on any atom is 0.120 e. The number of halogens is 1. The van der Waals surface area contributed by atoms with Crippen molar-refractivity contribution < 1.29 is 5.11 Å². The van der Waals surface area contributed by atoms with Crippen LogP contribution in [0.15, 0.2) is 36.4 Å². The van der Waals surface area contributed by atoms with Gasteiger partial charge in [-0.05, 0) is 48.1 Å². The average Bonchev–Trinajstić information content (AvgIpc) is 2.80. The van der Waals surface area contributed by atoms with Gasteiger partial charge in [0.1, 0.15) is 5.75 Å². The average molecular weight is 302 g/mol. The number of hydrogen-bond donors (Lipinski definition) is 2. The minimum atomic E-state index is 0.186. The van der Waals surface area contributed by atoms with Gasteiger partial charge in [-0.15, -0.1) is 0 Å². The summed E-state index contributed by atoms with van der Waals surface area (Å²) in [6.45, 7) is 5.05. The summed E-state index contributed by atoms with van der Waals surface area (Å²) >= 11 is 6.21. The number of rotatable bonds is 3. The highest BCUT2D eigenvalue weighted by Gasteiger charge is 2.31. The molecule has 0 heterocycles. The Kier molecular flexibility index (Phi) is 3.92. The van der Waals surface area contributed by atoms with Gasteiger partial charge in [-0.1, -0.05) is 42.8 Å². The van der Waals surface area contributed by atoms with Crippen LogP contribution in [0.2, 0.25) is 5.02 Å². The van der Waals surface area contributed by atoms with Crippen LogP contribution >= 0.6 is 11.6 Å². The molecular formula is C18H20ClNO. The second-order valence-electron chi connectivity index (χ2n) is 5.89. The zero-order valence-electron chi connectivity index (χ0n) is 12.4. The minimum Gasteiger partial charge on any atom is -0.508 e. The number of phenolic OH excluding ortho intramolecular Hbond substituents is 1. The lowest BCUT2D eigenvalue weighted by Gasteiger charge is -2.16. The molecule has 21 heavy (non-hydrogen) atoms. The standard InChI is InChI=1S/C18H20ClNO/c1-11-7-8-16(21)18-15(9-12(2)17(11)18)20-10-13-5-3-4-6-14(13)19/h3-8,12,15,20-21H,9-10H2,1-2H3. The van der Waals surface area contributed by atoms with Gasteiger partial charge in [0.05, 0.1) is 0 Å². The number of benzene rings is 2. The third kappa shape index (κ3) is 2.66. The van der Waals surface area contributed by atoms with Gasteiger partial charge in [0.15, 0.2) is 0 Å². The molecule has 0 spiro atoms. The molecule has 0 aromatic heterocycles. The summed E-state index contributed by atoms with van der Waals surface area (Å²) in [5.41, 5.74) is 4.71. The van der Waals surface area contributed by atoms with Crippen molar-refractivity contribution in [3.05, 3.63) is 63.7 Å². The smallest absolute Gasteiger partial charge is 0.120 e. The van der Waals surface area contributed by atoms with E-state index in [1.165, 1.54) is 11.1 Å². The summed E-state index contributed by atoms with van der Waals surface area (Å²) in [7, 11) is 0. The highest BCUT2D eigenvalue weighted by molar-refractivity contribution is 6.31. The second-order valence-corrected chi connectivity index (χ2v) is 6.30. The van der Waals surface area contributed by atoms with Crippen molar-refractivity contribution in [2.24, 2.45) is 0 Å². The monoisotopic (exact) mass is 301 g/mol. The predicted molar refractivity (Wildman–Crippen MR) is 86.9 cm³/mol. The van der Waals surface area contributed by atoms with E-state index in [1.54, 1.807) is 6.07 Å². The largest absolute Gasteiger partial charge is 0.508 e. The lowest BCUT2D eigenvalue weighted by Crippen LogP contribution is -2.19. The number of aryl methyl sites for hydroxylation is 1. The van der Waals surface area contributed by atoms with E-state index in [-0.39, 0.29) is 6.04 Å². The van der Waals surface area contributed by atoms with Gasteiger partial charge in [-0.3, -0.25) is 0 Å². The van der Waals surface area contributed by atoms with Gasteiger partial charge in [0.2, 0.25) is 0 Å². The van der Waals surface area contributed by atoms with Crippen LogP contribution in [0.1, 0.15) is 47.6 Å². The highest BCUT2D eigenvalue weighted by Crippen LogP contribution is 2.46. The van der Waals surface area contributed by atoms with Crippen molar-refractivity contribution in [3.8, 4) is 5.75 Å². The number of aromatic hydroxyl groups is 1. The Morgan fingerprint density at radius 2 is 1.95 bits per heavy atom. The SMILES string of the molecule is Cc1ccc(O)c2c1C(C)CC2NCc1ccccc1Cl. The first-order valence-electron chi connectivity index (χ1n) is 7.37. The fourth-order valence-corrected chi connectivity index (χ4v) is 3.61. The molecule has 2 unspecified atom stereocenters. The van der Waals surface area contributed by atoms with Crippen LogP contribution < -0.4 is 5.32 Å². The van der Waals surface area contributed by atoms with Crippen LogP contribution in [0.3, 0.4) is 0 Å². The molecule has 0 bridgehead atoms. The molecule has 110 valence electrons. The lowest BCUT2D eigenvalue weighted by atomic mass is 9.97. The lowest BCUT2D eigenvalue weighted by molar-refractivity contribution is 0.445. The number of phenols is 1. The molecule has 3 heteroatoms. The van der Waals surface area contributed by atoms with E-state index in [4.69, 9.17) is 11.6 Å². The molecule has 0 amide bonds. The van der Waals surface area contributed by atoms with Gasteiger partial charge in [0, 0.05) is 23.2 Å². The summed E-state index contributed by atoms with van der Waals surface area (Å²) in [6.07, 6.45) is 1.01. The predicted octanol–water partition coefficient (Wildman–Crippen LogP) is 4.69. The maximum atomic E-state index is 10.2. The molecule has 0 radical (unpaired) electrons. The fraction of sp³-hybridized carbons (Fsp3) is 0.333. The van der Waals surface area contributed by atoms with Crippen molar-refractivity contribution in [3.63, 3.8) is 0 Å². The molecule has 0 saturated carbocycles. The van der Waals surface area contributed by atoms with Crippen molar-refractivity contribution in [2.75, 3.05) is 0 Å². The van der Waals surface area contributed by atoms with Gasteiger partial charge >= 0.3 is 0 Å². The summed E-state index contributed by atoms with van der Waals surface area (Å²) < 4.78 is 0. The molecule has 1 aliphatic rings. The zero-order chi connectivity index (χ0) is 15.0. The van der Waals surface area contributed by atoms with E-state index >= 15 is 0 Å². The summed E-state index contributed by atoms with van der Waals surface area (Å²) in [5.74, 6) is 0.868. The van der Waals surface area contributed by atoms with Crippen LogP contribution in [0.25, 0.3) is 0 Å². The topological polar surface area (TPSA) is 32.3 Å². The van der Waals surface area contributed by atoms with E-state index in [9.17, 15) is 5.11 Å². The normalized spacial score (nSPS) is 20.5. The Morgan fingerprint density at radius 3 is 2.71 bits per heavy atom. The van der Waals surface area contributed by atoms with E-state index < -0.39 is 0 Å². The fourth-order valence-electron chi connectivity index (χ4n) is 3.40. The number of fused-ring (bicyclic) bond motifs is 1. The second kappa shape index (κ2) is 5.70. The molecule has 2 nitrogen and oxygen atoms in total. The Hall–Kier alpha value is -1.51. The number of hydrogen-bond acceptors (Lipinski definition) is 2. The molecule has 0 aliphatic heterocycles. The summed E-state index contributed by atoms with van der Waals surface area (Å²) in [5, 5.41) is 14.6. The first kappa shape index (κ1) is 14.4. The maximum absolute atomic E-state index is 10.2. The summed E-state index contributed by atoms with van der Waals surface area (Å²) in [4.78, 5) is 0. The van der Waals surface area contributed by atoms with E-state index in [1.807, 2.05) is 30.3 Å². The Morgan fingerprint density at radius 1 is 1.19 bits per heavy atom. The van der Waals surface area contributed by atoms with Gasteiger partial charge in [-0.2, -0.15) is 0 Å². The third-order valence-electron chi connectivity index (χ3n) is 4.41. The first-order valence-corrected chi connectivity index (χ1v) is 7.75. The van der Waals surface area contributed by atoms with Crippen molar-refractivity contribution in [2.45, 2.75) is 38.8 Å². The Labute approximate surface area is 130 Å². The Balaban J connectivity index is 1.84. The Bertz CT molecular complexity index is 668. The molecular weight excluding hydrogens is 282 g/mol.